The SMILES string of the molecule is CCCS(=O)(=O)N(C)C1CCCNCC1. The van der Waals surface area contributed by atoms with Crippen LogP contribution in [0.4, 0.5) is 0 Å². The van der Waals surface area contributed by atoms with E-state index < -0.39 is 10.0 Å². The Hall–Kier alpha value is -0.130. The van der Waals surface area contributed by atoms with Crippen LogP contribution in [0, 0.1) is 0 Å². The monoisotopic (exact) mass is 234 g/mol. The molecule has 1 N–H and O–H groups in total. The second kappa shape index (κ2) is 5.82. The van der Waals surface area contributed by atoms with Gasteiger partial charge in [-0.2, -0.15) is 0 Å². The van der Waals surface area contributed by atoms with Crippen molar-refractivity contribution in [3.8, 4) is 0 Å². The summed E-state index contributed by atoms with van der Waals surface area (Å²) >= 11 is 0. The first-order chi connectivity index (χ1) is 7.08. The number of sulfonamides is 1. The highest BCUT2D eigenvalue weighted by atomic mass is 32.2. The molecule has 0 aromatic carbocycles. The van der Waals surface area contributed by atoms with Crippen LogP contribution in [-0.4, -0.2) is 44.7 Å². The Kier molecular flexibility index (Phi) is 5.02. The molecule has 4 nitrogen and oxygen atoms in total. The second-order valence-electron chi connectivity index (χ2n) is 4.17. The average molecular weight is 234 g/mol. The lowest BCUT2D eigenvalue weighted by molar-refractivity contribution is 0.341. The van der Waals surface area contributed by atoms with Crippen LogP contribution >= 0.6 is 0 Å². The minimum atomic E-state index is -3.02. The molecule has 15 heavy (non-hydrogen) atoms. The van der Waals surface area contributed by atoms with Crippen LogP contribution in [0.3, 0.4) is 0 Å². The van der Waals surface area contributed by atoms with Gasteiger partial charge < -0.3 is 5.32 Å². The van der Waals surface area contributed by atoms with Gasteiger partial charge in [-0.15, -0.1) is 0 Å². The van der Waals surface area contributed by atoms with Crippen molar-refractivity contribution in [2.45, 2.75) is 38.6 Å². The molecule has 0 aromatic heterocycles. The number of hydrogen-bond donors (Lipinski definition) is 1. The molecule has 1 aliphatic rings. The van der Waals surface area contributed by atoms with Gasteiger partial charge in [0.15, 0.2) is 0 Å². The lowest BCUT2D eigenvalue weighted by atomic mass is 10.1. The molecule has 5 heteroatoms. The summed E-state index contributed by atoms with van der Waals surface area (Å²) in [5.74, 6) is 0.271. The maximum atomic E-state index is 11.8. The minimum absolute atomic E-state index is 0.191. The summed E-state index contributed by atoms with van der Waals surface area (Å²) in [7, 11) is -1.30. The van der Waals surface area contributed by atoms with E-state index >= 15 is 0 Å². The summed E-state index contributed by atoms with van der Waals surface area (Å²) < 4.78 is 25.3. The van der Waals surface area contributed by atoms with Gasteiger partial charge in [0.2, 0.25) is 10.0 Å². The van der Waals surface area contributed by atoms with Gasteiger partial charge in [0.05, 0.1) is 5.75 Å². The molecule has 0 saturated carbocycles. The maximum absolute atomic E-state index is 11.8. The van der Waals surface area contributed by atoms with Gasteiger partial charge in [0, 0.05) is 13.1 Å². The Morgan fingerprint density at radius 1 is 1.33 bits per heavy atom. The highest BCUT2D eigenvalue weighted by molar-refractivity contribution is 7.89. The first kappa shape index (κ1) is 12.9. The van der Waals surface area contributed by atoms with Crippen molar-refractivity contribution in [1.82, 2.24) is 9.62 Å². The second-order valence-corrected chi connectivity index (χ2v) is 6.31. The molecule has 0 radical (unpaired) electrons. The van der Waals surface area contributed by atoms with E-state index in [0.29, 0.717) is 6.42 Å². The van der Waals surface area contributed by atoms with Crippen molar-refractivity contribution in [1.29, 1.82) is 0 Å². The zero-order valence-corrected chi connectivity index (χ0v) is 10.5. The predicted molar refractivity (Wildman–Crippen MR) is 62.3 cm³/mol. The third-order valence-electron chi connectivity index (χ3n) is 2.96. The Morgan fingerprint density at radius 2 is 2.07 bits per heavy atom. The number of nitrogens with one attached hydrogen (secondary N) is 1. The van der Waals surface area contributed by atoms with Crippen molar-refractivity contribution in [2.75, 3.05) is 25.9 Å². The molecule has 1 aliphatic heterocycles. The van der Waals surface area contributed by atoms with E-state index in [2.05, 4.69) is 5.32 Å². The Morgan fingerprint density at radius 3 is 2.73 bits per heavy atom. The third kappa shape index (κ3) is 3.74. The van der Waals surface area contributed by atoms with Crippen LogP contribution in [0.2, 0.25) is 0 Å². The first-order valence-electron chi connectivity index (χ1n) is 5.74. The summed E-state index contributed by atoms with van der Waals surface area (Å²) in [5.41, 5.74) is 0. The normalized spacial score (nSPS) is 24.1. The highest BCUT2D eigenvalue weighted by Crippen LogP contribution is 2.15. The Bertz CT molecular complexity index is 269. The molecule has 1 fully saturated rings. The van der Waals surface area contributed by atoms with Gasteiger partial charge in [-0.25, -0.2) is 12.7 Å². The summed E-state index contributed by atoms with van der Waals surface area (Å²) in [6.45, 7) is 3.84. The molecule has 0 aromatic rings. The molecule has 0 aliphatic carbocycles. The van der Waals surface area contributed by atoms with E-state index in [1.807, 2.05) is 6.92 Å². The van der Waals surface area contributed by atoms with Crippen LogP contribution in [0.5, 0.6) is 0 Å². The van der Waals surface area contributed by atoms with E-state index in [0.717, 1.165) is 32.4 Å². The van der Waals surface area contributed by atoms with E-state index in [1.165, 1.54) is 0 Å². The molecule has 1 unspecified atom stereocenters. The standard InChI is InChI=1S/C10H22N2O2S/c1-3-9-15(13,14)12(2)10-5-4-7-11-8-6-10/h10-11H,3-9H2,1-2H3. The molecule has 0 amide bonds. The zero-order valence-electron chi connectivity index (χ0n) is 9.70. The lowest BCUT2D eigenvalue weighted by Crippen LogP contribution is -2.38. The van der Waals surface area contributed by atoms with Crippen LogP contribution < -0.4 is 5.32 Å². The Balaban J connectivity index is 2.61. The quantitative estimate of drug-likeness (QED) is 0.783. The number of nitrogens with zero attached hydrogens (tertiary/aromatic N) is 1. The molecule has 1 saturated heterocycles. The van der Waals surface area contributed by atoms with Gasteiger partial charge in [0.25, 0.3) is 0 Å². The molecular weight excluding hydrogens is 212 g/mol. The molecule has 0 spiro atoms. The number of rotatable bonds is 4. The van der Waals surface area contributed by atoms with Crippen LogP contribution in [0.15, 0.2) is 0 Å². The maximum Gasteiger partial charge on any atom is 0.214 e. The molecular formula is C10H22N2O2S. The van der Waals surface area contributed by atoms with Gasteiger partial charge >= 0.3 is 0 Å². The van der Waals surface area contributed by atoms with E-state index in [-0.39, 0.29) is 11.8 Å². The first-order valence-corrected chi connectivity index (χ1v) is 7.35. The molecule has 1 atom stereocenters. The summed E-state index contributed by atoms with van der Waals surface area (Å²) in [4.78, 5) is 0. The molecule has 1 heterocycles. The van der Waals surface area contributed by atoms with Crippen molar-refractivity contribution in [3.05, 3.63) is 0 Å². The summed E-state index contributed by atoms with van der Waals surface area (Å²) in [6, 6.07) is 0.191. The van der Waals surface area contributed by atoms with Crippen LogP contribution in [0.1, 0.15) is 32.6 Å². The lowest BCUT2D eigenvalue weighted by Gasteiger charge is -2.26. The fourth-order valence-corrected chi connectivity index (χ4v) is 3.46. The van der Waals surface area contributed by atoms with Gasteiger partial charge in [-0.05, 0) is 38.8 Å². The topological polar surface area (TPSA) is 49.4 Å². The smallest absolute Gasteiger partial charge is 0.214 e. The molecule has 1 rings (SSSR count). The van der Waals surface area contributed by atoms with E-state index in [9.17, 15) is 8.42 Å². The highest BCUT2D eigenvalue weighted by Gasteiger charge is 2.25. The van der Waals surface area contributed by atoms with Crippen molar-refractivity contribution in [2.24, 2.45) is 0 Å². The fourth-order valence-electron chi connectivity index (χ4n) is 1.99. The van der Waals surface area contributed by atoms with Crippen LogP contribution in [0.25, 0.3) is 0 Å². The van der Waals surface area contributed by atoms with Crippen molar-refractivity contribution < 1.29 is 8.42 Å². The minimum Gasteiger partial charge on any atom is -0.317 e. The van der Waals surface area contributed by atoms with E-state index in [4.69, 9.17) is 0 Å². The predicted octanol–water partition coefficient (Wildman–Crippen LogP) is 0.800. The average Bonchev–Trinajstić information content (AvgIpc) is 2.44. The molecule has 0 bridgehead atoms. The van der Waals surface area contributed by atoms with Crippen LogP contribution in [-0.2, 0) is 10.0 Å². The van der Waals surface area contributed by atoms with E-state index in [1.54, 1.807) is 11.4 Å². The van der Waals surface area contributed by atoms with Gasteiger partial charge in [-0.3, -0.25) is 0 Å². The summed E-state index contributed by atoms with van der Waals surface area (Å²) in [6.07, 6.45) is 3.67. The third-order valence-corrected chi connectivity index (χ3v) is 5.06. The Labute approximate surface area is 93.1 Å². The number of hydrogen-bond acceptors (Lipinski definition) is 3. The zero-order chi connectivity index (χ0) is 11.3. The van der Waals surface area contributed by atoms with Crippen molar-refractivity contribution in [3.63, 3.8) is 0 Å². The van der Waals surface area contributed by atoms with Gasteiger partial charge in [0.1, 0.15) is 0 Å². The summed E-state index contributed by atoms with van der Waals surface area (Å²) in [5, 5.41) is 3.29. The van der Waals surface area contributed by atoms with Crippen molar-refractivity contribution >= 4 is 10.0 Å². The van der Waals surface area contributed by atoms with Gasteiger partial charge in [-0.1, -0.05) is 6.92 Å². The largest absolute Gasteiger partial charge is 0.317 e. The molecule has 90 valence electrons. The fraction of sp³-hybridized carbons (Fsp3) is 1.00.